The molecule has 1 aliphatic rings. The van der Waals surface area contributed by atoms with Crippen molar-refractivity contribution >= 4 is 16.9 Å². The number of nitrogens with zero attached hydrogens (tertiary/aromatic N) is 1. The molecule has 1 aliphatic heterocycles. The van der Waals surface area contributed by atoms with Gasteiger partial charge < -0.3 is 19.2 Å². The number of amides is 1. The highest BCUT2D eigenvalue weighted by Crippen LogP contribution is 2.40. The molecule has 0 aliphatic carbocycles. The zero-order valence-corrected chi connectivity index (χ0v) is 15.1. The minimum atomic E-state index is -0.581. The molecule has 2 aromatic carbocycles. The maximum absolute atomic E-state index is 13.2. The van der Waals surface area contributed by atoms with Crippen LogP contribution in [-0.4, -0.2) is 29.6 Å². The molecule has 1 aromatic heterocycles. The van der Waals surface area contributed by atoms with Gasteiger partial charge in [0.1, 0.15) is 5.58 Å². The van der Waals surface area contributed by atoms with Crippen molar-refractivity contribution < 1.29 is 19.1 Å². The summed E-state index contributed by atoms with van der Waals surface area (Å²) in [5, 5.41) is 10.3. The van der Waals surface area contributed by atoms with Crippen molar-refractivity contribution in [1.82, 2.24) is 4.90 Å². The van der Waals surface area contributed by atoms with Crippen LogP contribution in [0.2, 0.25) is 0 Å². The fourth-order valence-corrected chi connectivity index (χ4v) is 3.65. The van der Waals surface area contributed by atoms with Crippen molar-refractivity contribution in [3.8, 4) is 11.5 Å². The molecule has 2 heterocycles. The SMILES string of the molecule is CCCN1C(=O)c2oc3ccccc3c(=O)c2[C@@H]1c1ccc(O)c(OC)c1. The number of fused-ring (bicyclic) bond motifs is 2. The predicted octanol–water partition coefficient (Wildman–Crippen LogP) is 3.46. The van der Waals surface area contributed by atoms with Crippen LogP contribution in [0, 0.1) is 0 Å². The van der Waals surface area contributed by atoms with Crippen LogP contribution in [0.3, 0.4) is 0 Å². The molecule has 27 heavy (non-hydrogen) atoms. The fraction of sp³-hybridized carbons (Fsp3) is 0.238. The maximum Gasteiger partial charge on any atom is 0.290 e. The van der Waals surface area contributed by atoms with Gasteiger partial charge in [-0.1, -0.05) is 25.1 Å². The van der Waals surface area contributed by atoms with E-state index in [9.17, 15) is 14.7 Å². The molecule has 1 amide bonds. The van der Waals surface area contributed by atoms with Crippen molar-refractivity contribution in [2.75, 3.05) is 13.7 Å². The van der Waals surface area contributed by atoms with Gasteiger partial charge in [0.25, 0.3) is 5.91 Å². The van der Waals surface area contributed by atoms with Crippen LogP contribution < -0.4 is 10.2 Å². The highest BCUT2D eigenvalue weighted by Gasteiger charge is 2.42. The van der Waals surface area contributed by atoms with Crippen molar-refractivity contribution in [1.29, 1.82) is 0 Å². The third kappa shape index (κ3) is 2.56. The first-order valence-corrected chi connectivity index (χ1v) is 8.80. The van der Waals surface area contributed by atoms with E-state index in [1.807, 2.05) is 6.92 Å². The van der Waals surface area contributed by atoms with E-state index >= 15 is 0 Å². The number of phenols is 1. The fourth-order valence-electron chi connectivity index (χ4n) is 3.65. The second-order valence-electron chi connectivity index (χ2n) is 6.50. The van der Waals surface area contributed by atoms with E-state index in [4.69, 9.17) is 9.15 Å². The third-order valence-electron chi connectivity index (χ3n) is 4.86. The van der Waals surface area contributed by atoms with Crippen LogP contribution >= 0.6 is 0 Å². The molecule has 0 saturated carbocycles. The zero-order valence-electron chi connectivity index (χ0n) is 15.1. The van der Waals surface area contributed by atoms with Crippen LogP contribution in [0.15, 0.2) is 51.7 Å². The molecule has 0 saturated heterocycles. The normalized spacial score (nSPS) is 16.0. The number of carbonyl (C=O) groups is 1. The van der Waals surface area contributed by atoms with Gasteiger partial charge in [0.05, 0.1) is 24.1 Å². The molecule has 1 N–H and O–H groups in total. The Morgan fingerprint density at radius 2 is 1.96 bits per heavy atom. The zero-order chi connectivity index (χ0) is 19.1. The number of hydrogen-bond acceptors (Lipinski definition) is 5. The first-order chi connectivity index (χ1) is 13.1. The lowest BCUT2D eigenvalue weighted by molar-refractivity contribution is 0.0728. The lowest BCUT2D eigenvalue weighted by Crippen LogP contribution is -2.30. The molecule has 0 bridgehead atoms. The molecule has 138 valence electrons. The average molecular weight is 365 g/mol. The van der Waals surface area contributed by atoms with Crippen molar-refractivity contribution in [3.63, 3.8) is 0 Å². The Balaban J connectivity index is 2.00. The molecule has 0 radical (unpaired) electrons. The van der Waals surface area contributed by atoms with E-state index in [0.717, 1.165) is 6.42 Å². The summed E-state index contributed by atoms with van der Waals surface area (Å²) >= 11 is 0. The lowest BCUT2D eigenvalue weighted by Gasteiger charge is -2.25. The van der Waals surface area contributed by atoms with E-state index in [2.05, 4.69) is 0 Å². The molecule has 6 nitrogen and oxygen atoms in total. The molecular formula is C21H19NO5. The highest BCUT2D eigenvalue weighted by molar-refractivity contribution is 5.99. The summed E-state index contributed by atoms with van der Waals surface area (Å²) < 4.78 is 11.0. The average Bonchev–Trinajstić information content (AvgIpc) is 2.95. The Hall–Kier alpha value is -3.28. The van der Waals surface area contributed by atoms with Crippen LogP contribution in [0.1, 0.15) is 41.1 Å². The summed E-state index contributed by atoms with van der Waals surface area (Å²) in [4.78, 5) is 27.8. The third-order valence-corrected chi connectivity index (χ3v) is 4.86. The summed E-state index contributed by atoms with van der Waals surface area (Å²) in [6.45, 7) is 2.45. The van der Waals surface area contributed by atoms with Gasteiger partial charge >= 0.3 is 0 Å². The summed E-state index contributed by atoms with van der Waals surface area (Å²) in [6, 6.07) is 11.2. The molecule has 0 unspecified atom stereocenters. The van der Waals surface area contributed by atoms with Crippen molar-refractivity contribution in [2.45, 2.75) is 19.4 Å². The van der Waals surface area contributed by atoms with Crippen LogP contribution in [0.5, 0.6) is 11.5 Å². The molecule has 6 heteroatoms. The monoisotopic (exact) mass is 365 g/mol. The molecule has 1 atom stereocenters. The maximum atomic E-state index is 13.2. The molecule has 4 rings (SSSR count). The number of phenolic OH excluding ortho intramolecular Hbond substituents is 1. The van der Waals surface area contributed by atoms with Gasteiger partial charge in [0.2, 0.25) is 5.76 Å². The van der Waals surface area contributed by atoms with E-state index in [0.29, 0.717) is 28.6 Å². The first-order valence-electron chi connectivity index (χ1n) is 8.80. The lowest BCUT2D eigenvalue weighted by atomic mass is 9.98. The standard InChI is InChI=1S/C21H19NO5/c1-3-10-22-18(12-8-9-14(23)16(11-12)26-2)17-19(24)13-6-4-5-7-15(13)27-20(17)21(22)25/h4-9,11,18,23H,3,10H2,1-2H3/t18-/m0/s1. The minimum absolute atomic E-state index is 0.00150. The number of rotatable bonds is 4. The van der Waals surface area contributed by atoms with Crippen LogP contribution in [0.4, 0.5) is 0 Å². The molecular weight excluding hydrogens is 346 g/mol. The summed E-state index contributed by atoms with van der Waals surface area (Å²) in [6.07, 6.45) is 0.735. The van der Waals surface area contributed by atoms with Crippen LogP contribution in [0.25, 0.3) is 11.0 Å². The number of para-hydroxylation sites is 1. The van der Waals surface area contributed by atoms with E-state index in [1.165, 1.54) is 13.2 Å². The first kappa shape index (κ1) is 17.1. The highest BCUT2D eigenvalue weighted by atomic mass is 16.5. The van der Waals surface area contributed by atoms with E-state index in [-0.39, 0.29) is 28.6 Å². The predicted molar refractivity (Wildman–Crippen MR) is 100 cm³/mol. The Morgan fingerprint density at radius 3 is 2.70 bits per heavy atom. The Kier molecular flexibility index (Phi) is 4.11. The van der Waals surface area contributed by atoms with Gasteiger partial charge in [0, 0.05) is 6.54 Å². The van der Waals surface area contributed by atoms with E-state index in [1.54, 1.807) is 41.3 Å². The van der Waals surface area contributed by atoms with Gasteiger partial charge in [-0.25, -0.2) is 0 Å². The smallest absolute Gasteiger partial charge is 0.290 e. The van der Waals surface area contributed by atoms with E-state index < -0.39 is 6.04 Å². The number of aromatic hydroxyl groups is 1. The largest absolute Gasteiger partial charge is 0.504 e. The Bertz CT molecular complexity index is 1100. The molecule has 0 spiro atoms. The second kappa shape index (κ2) is 6.46. The topological polar surface area (TPSA) is 80.0 Å². The Morgan fingerprint density at radius 1 is 1.19 bits per heavy atom. The molecule has 0 fully saturated rings. The Labute approximate surface area is 155 Å². The second-order valence-corrected chi connectivity index (χ2v) is 6.50. The van der Waals surface area contributed by atoms with Crippen molar-refractivity contribution in [2.24, 2.45) is 0 Å². The van der Waals surface area contributed by atoms with Gasteiger partial charge in [0.15, 0.2) is 16.9 Å². The summed E-state index contributed by atoms with van der Waals surface area (Å²) in [7, 11) is 1.46. The van der Waals surface area contributed by atoms with Gasteiger partial charge in [-0.3, -0.25) is 9.59 Å². The minimum Gasteiger partial charge on any atom is -0.504 e. The number of carbonyl (C=O) groups excluding carboxylic acids is 1. The number of ether oxygens (including phenoxy) is 1. The van der Waals surface area contributed by atoms with Gasteiger partial charge in [-0.05, 0) is 36.2 Å². The quantitative estimate of drug-likeness (QED) is 0.766. The van der Waals surface area contributed by atoms with Gasteiger partial charge in [-0.15, -0.1) is 0 Å². The number of benzene rings is 2. The summed E-state index contributed by atoms with van der Waals surface area (Å²) in [5.74, 6) is 0.0735. The number of methoxy groups -OCH3 is 1. The number of hydrogen-bond donors (Lipinski definition) is 1. The molecule has 3 aromatic rings. The van der Waals surface area contributed by atoms with Gasteiger partial charge in [-0.2, -0.15) is 0 Å². The van der Waals surface area contributed by atoms with Crippen molar-refractivity contribution in [3.05, 3.63) is 69.6 Å². The van der Waals surface area contributed by atoms with Crippen LogP contribution in [-0.2, 0) is 0 Å². The summed E-state index contributed by atoms with van der Waals surface area (Å²) in [5.41, 5.74) is 1.21.